The standard InChI is InChI=1S/C23H29N2Si.C8H14.Ir/c1-15(2)26(16(3)4)22-14-17(5)9-10-20(22)25-21-13-18(6)12-19-8-7-11-24-23(19)21;1-2-4-6-8-7-5-3-1;/h7-16,25H,1-6H3;1-2H,3-8H2;/q-1;;. The molecule has 4 rings (SSSR count). The van der Waals surface area contributed by atoms with Crippen LogP contribution in [-0.2, 0) is 20.1 Å². The Balaban J connectivity index is 0.000000409. The van der Waals surface area contributed by atoms with Crippen molar-refractivity contribution in [2.75, 3.05) is 5.32 Å². The van der Waals surface area contributed by atoms with Gasteiger partial charge in [-0.25, -0.2) is 0 Å². The molecule has 1 N–H and O–H groups in total. The first-order chi connectivity index (χ1) is 16.4. The molecule has 1 aliphatic carbocycles. The molecule has 4 heteroatoms. The van der Waals surface area contributed by atoms with Crippen molar-refractivity contribution in [3.63, 3.8) is 0 Å². The zero-order chi connectivity index (χ0) is 24.5. The fourth-order valence-electron chi connectivity index (χ4n) is 4.99. The second kappa shape index (κ2) is 14.9. The summed E-state index contributed by atoms with van der Waals surface area (Å²) in [6.45, 7) is 13.8. The molecule has 0 unspecified atom stereocenters. The number of rotatable bonds is 5. The monoisotopic (exact) mass is 664 g/mol. The van der Waals surface area contributed by atoms with Crippen molar-refractivity contribution >= 4 is 36.3 Å². The first kappa shape index (κ1) is 29.7. The summed E-state index contributed by atoms with van der Waals surface area (Å²) in [5.74, 6) is 0. The second-order valence-corrected chi connectivity index (χ2v) is 14.0. The summed E-state index contributed by atoms with van der Waals surface area (Å²) in [4.78, 5) is 4.63. The third-order valence-corrected chi connectivity index (χ3v) is 10.0. The Labute approximate surface area is 229 Å². The molecule has 1 heterocycles. The zero-order valence-corrected chi connectivity index (χ0v) is 25.8. The maximum atomic E-state index is 4.63. The molecule has 2 nitrogen and oxygen atoms in total. The van der Waals surface area contributed by atoms with Crippen molar-refractivity contribution in [2.24, 2.45) is 0 Å². The van der Waals surface area contributed by atoms with Crippen LogP contribution in [0, 0.1) is 26.7 Å². The average molecular weight is 664 g/mol. The van der Waals surface area contributed by atoms with Crippen molar-refractivity contribution < 1.29 is 20.1 Å². The van der Waals surface area contributed by atoms with Gasteiger partial charge in [0.2, 0.25) is 0 Å². The van der Waals surface area contributed by atoms with E-state index in [-0.39, 0.29) is 20.1 Å². The summed E-state index contributed by atoms with van der Waals surface area (Å²) in [7, 11) is -0.673. The van der Waals surface area contributed by atoms with Crippen LogP contribution in [0.15, 0.2) is 48.7 Å². The second-order valence-electron chi connectivity index (χ2n) is 10.3. The maximum absolute atomic E-state index is 4.63. The normalized spacial score (nSPS) is 13.9. The molecule has 0 saturated heterocycles. The number of fused-ring (bicyclic) bond motifs is 1. The topological polar surface area (TPSA) is 24.9 Å². The van der Waals surface area contributed by atoms with Crippen molar-refractivity contribution in [3.8, 4) is 0 Å². The number of nitrogens with zero attached hydrogens (tertiary/aromatic N) is 1. The van der Waals surface area contributed by atoms with Gasteiger partial charge in [0.1, 0.15) is 0 Å². The first-order valence-corrected chi connectivity index (χ1v) is 14.8. The van der Waals surface area contributed by atoms with Crippen LogP contribution in [0.25, 0.3) is 10.9 Å². The third-order valence-electron chi connectivity index (χ3n) is 6.51. The fraction of sp³-hybridized carbons (Fsp3) is 0.452. The van der Waals surface area contributed by atoms with E-state index in [4.69, 9.17) is 0 Å². The number of benzene rings is 2. The van der Waals surface area contributed by atoms with E-state index in [0.29, 0.717) is 11.1 Å². The molecule has 35 heavy (non-hydrogen) atoms. The Morgan fingerprint density at radius 3 is 2.06 bits per heavy atom. The van der Waals surface area contributed by atoms with E-state index in [1.165, 1.54) is 65.9 Å². The minimum absolute atomic E-state index is 0. The summed E-state index contributed by atoms with van der Waals surface area (Å²) in [5.41, 5.74) is 7.34. The minimum Gasteiger partial charge on any atom is -0.356 e. The molecule has 3 aromatic rings. The molecule has 1 aromatic heterocycles. The van der Waals surface area contributed by atoms with Gasteiger partial charge in [0, 0.05) is 37.4 Å². The predicted molar refractivity (Wildman–Crippen MR) is 153 cm³/mol. The number of hydrogen-bond donors (Lipinski definition) is 1. The van der Waals surface area contributed by atoms with Crippen molar-refractivity contribution in [1.29, 1.82) is 0 Å². The molecule has 3 radical (unpaired) electrons. The van der Waals surface area contributed by atoms with E-state index in [1.807, 2.05) is 12.3 Å². The molecule has 1 fully saturated rings. The molecule has 0 atom stereocenters. The van der Waals surface area contributed by atoms with E-state index < -0.39 is 8.80 Å². The Hall–Kier alpha value is -1.48. The molecule has 0 aliphatic heterocycles. The van der Waals surface area contributed by atoms with Crippen molar-refractivity contribution in [3.05, 3.63) is 72.6 Å². The average Bonchev–Trinajstić information content (AvgIpc) is 2.75. The van der Waals surface area contributed by atoms with Crippen LogP contribution >= 0.6 is 0 Å². The minimum atomic E-state index is -0.673. The molecule has 191 valence electrons. The molecule has 2 aromatic carbocycles. The van der Waals surface area contributed by atoms with Gasteiger partial charge in [-0.3, -0.25) is 13.8 Å². The zero-order valence-electron chi connectivity index (χ0n) is 22.5. The Kier molecular flexibility index (Phi) is 12.7. The molecule has 0 spiro atoms. The van der Waals surface area contributed by atoms with E-state index in [2.05, 4.69) is 101 Å². The van der Waals surface area contributed by atoms with Gasteiger partial charge in [0.25, 0.3) is 0 Å². The van der Waals surface area contributed by atoms with E-state index >= 15 is 0 Å². The fourth-order valence-corrected chi connectivity index (χ4v) is 8.42. The van der Waals surface area contributed by atoms with Crippen LogP contribution in [0.3, 0.4) is 0 Å². The molecular formula is C31H43IrN2Si-. The third kappa shape index (κ3) is 8.84. The number of pyridine rings is 1. The van der Waals surface area contributed by atoms with Gasteiger partial charge in [-0.1, -0.05) is 77.1 Å². The van der Waals surface area contributed by atoms with Crippen LogP contribution in [0.4, 0.5) is 11.4 Å². The number of hydrogen-bond acceptors (Lipinski definition) is 2. The Morgan fingerprint density at radius 2 is 1.43 bits per heavy atom. The van der Waals surface area contributed by atoms with E-state index in [9.17, 15) is 0 Å². The van der Waals surface area contributed by atoms with Gasteiger partial charge in [0.15, 0.2) is 0 Å². The predicted octanol–water partition coefficient (Wildman–Crippen LogP) is 8.86. The Morgan fingerprint density at radius 1 is 0.771 bits per heavy atom. The molecular weight excluding hydrogens is 621 g/mol. The number of aryl methyl sites for hydroxylation is 2. The SMILES string of the molecule is Cc1ccc(Nc2cc(C)cc3cccnc23)c([Si-](C(C)C)C(C)C)c1.[CH]1[CH]CCCCCC1.[Ir]. The summed E-state index contributed by atoms with van der Waals surface area (Å²) >= 11 is 0. The number of anilines is 2. The van der Waals surface area contributed by atoms with Crippen molar-refractivity contribution in [2.45, 2.75) is 91.1 Å². The van der Waals surface area contributed by atoms with Gasteiger partial charge in [-0.05, 0) is 69.4 Å². The molecule has 1 aliphatic rings. The molecule has 0 bridgehead atoms. The quantitative estimate of drug-likeness (QED) is 0.276. The van der Waals surface area contributed by atoms with Gasteiger partial charge in [0.05, 0.1) is 11.2 Å². The van der Waals surface area contributed by atoms with E-state index in [0.717, 1.165) is 11.2 Å². The largest absolute Gasteiger partial charge is 0.356 e. The summed E-state index contributed by atoms with van der Waals surface area (Å²) < 4.78 is 0. The number of nitrogens with one attached hydrogen (secondary N) is 1. The summed E-state index contributed by atoms with van der Waals surface area (Å²) in [6, 6.07) is 15.4. The number of aromatic nitrogens is 1. The Bertz CT molecular complexity index is 1020. The van der Waals surface area contributed by atoms with E-state index in [1.54, 1.807) is 0 Å². The van der Waals surface area contributed by atoms with Crippen LogP contribution in [-0.4, -0.2) is 13.8 Å². The van der Waals surface area contributed by atoms with Gasteiger partial charge in [-0.2, -0.15) is 16.3 Å². The first-order valence-electron chi connectivity index (χ1n) is 13.1. The molecule has 0 amide bonds. The smallest absolute Gasteiger partial charge is 0.0936 e. The van der Waals surface area contributed by atoms with Crippen molar-refractivity contribution in [1.82, 2.24) is 4.98 Å². The van der Waals surface area contributed by atoms with Crippen LogP contribution in [0.2, 0.25) is 11.1 Å². The summed E-state index contributed by atoms with van der Waals surface area (Å²) in [6.07, 6.45) is 14.9. The van der Waals surface area contributed by atoms with Gasteiger partial charge in [-0.15, -0.1) is 0 Å². The van der Waals surface area contributed by atoms with Crippen LogP contribution in [0.1, 0.15) is 77.3 Å². The maximum Gasteiger partial charge on any atom is 0.0936 e. The van der Waals surface area contributed by atoms with Crippen LogP contribution in [0.5, 0.6) is 0 Å². The molecule has 1 saturated carbocycles. The van der Waals surface area contributed by atoms with Gasteiger partial charge >= 0.3 is 0 Å². The van der Waals surface area contributed by atoms with Crippen LogP contribution < -0.4 is 10.5 Å². The summed E-state index contributed by atoms with van der Waals surface area (Å²) in [5, 5.41) is 6.42. The van der Waals surface area contributed by atoms with Gasteiger partial charge < -0.3 is 5.32 Å².